The molecule has 0 aromatic carbocycles. The molecule has 1 aliphatic heterocycles. The van der Waals surface area contributed by atoms with Gasteiger partial charge in [0.1, 0.15) is 0 Å². The molecule has 1 heterocycles. The second-order valence-electron chi connectivity index (χ2n) is 6.11. The summed E-state index contributed by atoms with van der Waals surface area (Å²) in [6.45, 7) is 9.49. The molecule has 1 N–H and O–H groups in total. The molecular formula is C17H36N2. The van der Waals surface area contributed by atoms with E-state index in [2.05, 4.69) is 24.1 Å². The third-order valence-electron chi connectivity index (χ3n) is 4.43. The first-order chi connectivity index (χ1) is 9.38. The Bertz CT molecular complexity index is 194. The minimum Gasteiger partial charge on any atom is -0.315 e. The van der Waals surface area contributed by atoms with Crippen molar-refractivity contribution < 1.29 is 0 Å². The molecule has 1 rings (SSSR count). The Morgan fingerprint density at radius 1 is 0.947 bits per heavy atom. The van der Waals surface area contributed by atoms with Gasteiger partial charge in [0.2, 0.25) is 0 Å². The van der Waals surface area contributed by atoms with Crippen molar-refractivity contribution >= 4 is 0 Å². The lowest BCUT2D eigenvalue weighted by Crippen LogP contribution is -2.45. The quantitative estimate of drug-likeness (QED) is 0.565. The minimum absolute atomic E-state index is 0.814. The van der Waals surface area contributed by atoms with E-state index in [0.29, 0.717) is 0 Å². The van der Waals surface area contributed by atoms with Gasteiger partial charge in [-0.2, -0.15) is 0 Å². The summed E-state index contributed by atoms with van der Waals surface area (Å²) in [5.74, 6) is 0. The molecule has 0 bridgehead atoms. The van der Waals surface area contributed by atoms with Gasteiger partial charge in [0.15, 0.2) is 0 Å². The van der Waals surface area contributed by atoms with Crippen LogP contribution in [0.4, 0.5) is 0 Å². The number of nitrogens with zero attached hydrogens (tertiary/aromatic N) is 1. The van der Waals surface area contributed by atoms with Crippen molar-refractivity contribution in [1.82, 2.24) is 10.2 Å². The molecular weight excluding hydrogens is 232 g/mol. The average molecular weight is 268 g/mol. The maximum absolute atomic E-state index is 3.53. The van der Waals surface area contributed by atoms with E-state index in [0.717, 1.165) is 12.6 Å². The summed E-state index contributed by atoms with van der Waals surface area (Å²) in [6.07, 6.45) is 14.2. The van der Waals surface area contributed by atoms with Crippen molar-refractivity contribution in [2.45, 2.75) is 84.1 Å². The predicted molar refractivity (Wildman–Crippen MR) is 85.7 cm³/mol. The maximum atomic E-state index is 3.53. The van der Waals surface area contributed by atoms with E-state index in [1.165, 1.54) is 83.8 Å². The molecule has 0 aliphatic carbocycles. The molecule has 114 valence electrons. The Balaban J connectivity index is 2.04. The fraction of sp³-hybridized carbons (Fsp3) is 1.00. The lowest BCUT2D eigenvalue weighted by Gasteiger charge is -2.36. The summed E-state index contributed by atoms with van der Waals surface area (Å²) in [5, 5.41) is 3.53. The maximum Gasteiger partial charge on any atom is 0.0220 e. The van der Waals surface area contributed by atoms with Crippen LogP contribution in [0.1, 0.15) is 78.1 Å². The zero-order valence-corrected chi connectivity index (χ0v) is 13.4. The molecule has 1 atom stereocenters. The van der Waals surface area contributed by atoms with Crippen molar-refractivity contribution in [3.63, 3.8) is 0 Å². The van der Waals surface area contributed by atoms with Gasteiger partial charge < -0.3 is 5.32 Å². The van der Waals surface area contributed by atoms with E-state index in [4.69, 9.17) is 0 Å². The van der Waals surface area contributed by atoms with Crippen LogP contribution in [0.5, 0.6) is 0 Å². The van der Waals surface area contributed by atoms with Crippen LogP contribution in [0, 0.1) is 0 Å². The van der Waals surface area contributed by atoms with E-state index < -0.39 is 0 Å². The molecule has 1 aliphatic rings. The summed E-state index contributed by atoms with van der Waals surface area (Å²) in [6, 6.07) is 0.814. The predicted octanol–water partition coefficient (Wildman–Crippen LogP) is 4.20. The lowest BCUT2D eigenvalue weighted by atomic mass is 10.0. The summed E-state index contributed by atoms with van der Waals surface area (Å²) in [4.78, 5) is 2.75. The zero-order chi connectivity index (χ0) is 13.8. The summed E-state index contributed by atoms with van der Waals surface area (Å²) >= 11 is 0. The highest BCUT2D eigenvalue weighted by molar-refractivity contribution is 4.78. The van der Waals surface area contributed by atoms with E-state index in [9.17, 15) is 0 Å². The number of likely N-dealkylation sites (N-methyl/N-ethyl adjacent to an activating group) is 1. The second kappa shape index (κ2) is 11.7. The van der Waals surface area contributed by atoms with Crippen molar-refractivity contribution in [3.05, 3.63) is 0 Å². The molecule has 19 heavy (non-hydrogen) atoms. The number of hydrogen-bond donors (Lipinski definition) is 1. The summed E-state index contributed by atoms with van der Waals surface area (Å²) in [7, 11) is 0. The molecule has 2 heteroatoms. The molecule has 1 fully saturated rings. The highest BCUT2D eigenvalue weighted by Crippen LogP contribution is 2.17. The number of likely N-dealkylation sites (tertiary alicyclic amines) is 1. The fourth-order valence-corrected chi connectivity index (χ4v) is 3.17. The Hall–Kier alpha value is -0.0800. The molecule has 0 spiro atoms. The summed E-state index contributed by atoms with van der Waals surface area (Å²) < 4.78 is 0. The SMILES string of the molecule is CCCCCCCCCN1CCCCC1CNCC. The molecule has 0 aromatic rings. The monoisotopic (exact) mass is 268 g/mol. The Kier molecular flexibility index (Phi) is 10.5. The Morgan fingerprint density at radius 3 is 2.42 bits per heavy atom. The molecule has 2 nitrogen and oxygen atoms in total. The second-order valence-corrected chi connectivity index (χ2v) is 6.11. The van der Waals surface area contributed by atoms with Crippen LogP contribution in [0.2, 0.25) is 0 Å². The standard InChI is InChI=1S/C17H36N2/c1-3-5-6-7-8-9-11-14-19-15-12-10-13-17(19)16-18-4-2/h17-18H,3-16H2,1-2H3. The van der Waals surface area contributed by atoms with E-state index >= 15 is 0 Å². The molecule has 1 saturated heterocycles. The first-order valence-corrected chi connectivity index (χ1v) is 8.83. The van der Waals surface area contributed by atoms with E-state index in [1.807, 2.05) is 0 Å². The minimum atomic E-state index is 0.814. The van der Waals surface area contributed by atoms with Gasteiger partial charge in [0.05, 0.1) is 0 Å². The van der Waals surface area contributed by atoms with Gasteiger partial charge in [-0.1, -0.05) is 58.8 Å². The molecule has 0 saturated carbocycles. The van der Waals surface area contributed by atoms with Crippen LogP contribution in [0.3, 0.4) is 0 Å². The van der Waals surface area contributed by atoms with Crippen molar-refractivity contribution in [2.24, 2.45) is 0 Å². The Morgan fingerprint density at radius 2 is 1.68 bits per heavy atom. The van der Waals surface area contributed by atoms with Crippen LogP contribution in [-0.2, 0) is 0 Å². The topological polar surface area (TPSA) is 15.3 Å². The van der Waals surface area contributed by atoms with Crippen LogP contribution in [-0.4, -0.2) is 37.1 Å². The highest BCUT2D eigenvalue weighted by Gasteiger charge is 2.20. The average Bonchev–Trinajstić information content (AvgIpc) is 2.45. The first-order valence-electron chi connectivity index (χ1n) is 8.83. The van der Waals surface area contributed by atoms with Crippen LogP contribution < -0.4 is 5.32 Å². The van der Waals surface area contributed by atoms with Gasteiger partial charge in [-0.15, -0.1) is 0 Å². The number of hydrogen-bond acceptors (Lipinski definition) is 2. The molecule has 1 unspecified atom stereocenters. The zero-order valence-electron chi connectivity index (χ0n) is 13.4. The van der Waals surface area contributed by atoms with Gasteiger partial charge in [0.25, 0.3) is 0 Å². The van der Waals surface area contributed by atoms with Gasteiger partial charge in [-0.3, -0.25) is 4.90 Å². The third kappa shape index (κ3) is 7.94. The van der Waals surface area contributed by atoms with Gasteiger partial charge in [0, 0.05) is 12.6 Å². The largest absolute Gasteiger partial charge is 0.315 e. The van der Waals surface area contributed by atoms with E-state index in [-0.39, 0.29) is 0 Å². The van der Waals surface area contributed by atoms with Crippen LogP contribution in [0.15, 0.2) is 0 Å². The van der Waals surface area contributed by atoms with Crippen molar-refractivity contribution in [1.29, 1.82) is 0 Å². The van der Waals surface area contributed by atoms with Crippen molar-refractivity contribution in [2.75, 3.05) is 26.2 Å². The van der Waals surface area contributed by atoms with Gasteiger partial charge in [-0.25, -0.2) is 0 Å². The Labute approximate surface area is 121 Å². The fourth-order valence-electron chi connectivity index (χ4n) is 3.17. The first kappa shape index (κ1) is 17.0. The molecule has 0 aromatic heterocycles. The number of unbranched alkanes of at least 4 members (excludes halogenated alkanes) is 6. The molecule has 0 amide bonds. The third-order valence-corrected chi connectivity index (χ3v) is 4.43. The lowest BCUT2D eigenvalue weighted by molar-refractivity contribution is 0.143. The highest BCUT2D eigenvalue weighted by atomic mass is 15.2. The smallest absolute Gasteiger partial charge is 0.0220 e. The van der Waals surface area contributed by atoms with Gasteiger partial charge in [-0.05, 0) is 38.9 Å². The normalized spacial score (nSPS) is 20.8. The number of piperidine rings is 1. The number of rotatable bonds is 11. The number of nitrogens with one attached hydrogen (secondary N) is 1. The van der Waals surface area contributed by atoms with Crippen molar-refractivity contribution in [3.8, 4) is 0 Å². The molecule has 0 radical (unpaired) electrons. The summed E-state index contributed by atoms with van der Waals surface area (Å²) in [5.41, 5.74) is 0. The van der Waals surface area contributed by atoms with Crippen LogP contribution in [0.25, 0.3) is 0 Å². The van der Waals surface area contributed by atoms with E-state index in [1.54, 1.807) is 0 Å². The van der Waals surface area contributed by atoms with Gasteiger partial charge >= 0.3 is 0 Å². The van der Waals surface area contributed by atoms with Crippen LogP contribution >= 0.6 is 0 Å².